The summed E-state index contributed by atoms with van der Waals surface area (Å²) in [6.45, 7) is 4.46. The number of hydrogen-bond donors (Lipinski definition) is 2. The van der Waals surface area contributed by atoms with Gasteiger partial charge in [0.2, 0.25) is 0 Å². The summed E-state index contributed by atoms with van der Waals surface area (Å²) in [7, 11) is 0. The SMILES string of the molecule is O=C(NCc1cccc(-c2cccc([C@H]3O[C@@H](CN4CCN(c5ccc([N+](=O)[O-])cc5)CC4)C[C@@H](c4ccc(CO)cc4)O3)c2)c1)c1ccccc1. The average Bonchev–Trinajstić information content (AvgIpc) is 3.20. The Morgan fingerprint density at radius 1 is 0.769 bits per heavy atom. The Morgan fingerprint density at radius 2 is 1.48 bits per heavy atom. The van der Waals surface area contributed by atoms with E-state index in [4.69, 9.17) is 9.47 Å². The van der Waals surface area contributed by atoms with Crippen LogP contribution < -0.4 is 10.2 Å². The van der Waals surface area contributed by atoms with E-state index in [1.165, 1.54) is 0 Å². The third kappa shape index (κ3) is 8.55. The van der Waals surface area contributed by atoms with Crippen LogP contribution in [0.3, 0.4) is 0 Å². The Kier molecular flexibility index (Phi) is 11.0. The molecular weight excluding hydrogens is 656 g/mol. The fourth-order valence-corrected chi connectivity index (χ4v) is 6.89. The molecule has 10 heteroatoms. The van der Waals surface area contributed by atoms with Gasteiger partial charge in [0.1, 0.15) is 0 Å². The lowest BCUT2D eigenvalue weighted by Crippen LogP contribution is -2.49. The van der Waals surface area contributed by atoms with Crippen LogP contribution in [0.5, 0.6) is 0 Å². The van der Waals surface area contributed by atoms with Crippen molar-refractivity contribution >= 4 is 17.3 Å². The van der Waals surface area contributed by atoms with Crippen LogP contribution in [0.15, 0.2) is 127 Å². The van der Waals surface area contributed by atoms with Gasteiger partial charge < -0.3 is 24.8 Å². The molecule has 0 saturated carbocycles. The van der Waals surface area contributed by atoms with E-state index in [0.29, 0.717) is 18.5 Å². The van der Waals surface area contributed by atoms with Gasteiger partial charge >= 0.3 is 0 Å². The highest BCUT2D eigenvalue weighted by molar-refractivity contribution is 5.94. The van der Waals surface area contributed by atoms with E-state index in [2.05, 4.69) is 39.4 Å². The van der Waals surface area contributed by atoms with Crippen molar-refractivity contribution in [2.45, 2.75) is 38.1 Å². The number of nitrogens with zero attached hydrogens (tertiary/aromatic N) is 3. The summed E-state index contributed by atoms with van der Waals surface area (Å²) in [4.78, 5) is 28.0. The summed E-state index contributed by atoms with van der Waals surface area (Å²) in [5.41, 5.74) is 7.58. The summed E-state index contributed by atoms with van der Waals surface area (Å²) >= 11 is 0. The van der Waals surface area contributed by atoms with E-state index in [0.717, 1.165) is 71.8 Å². The number of nitro groups is 1. The molecule has 0 bridgehead atoms. The first-order valence-corrected chi connectivity index (χ1v) is 17.7. The van der Waals surface area contributed by atoms with Crippen LogP contribution >= 0.6 is 0 Å². The van der Waals surface area contributed by atoms with E-state index in [1.807, 2.05) is 78.9 Å². The second-order valence-corrected chi connectivity index (χ2v) is 13.3. The van der Waals surface area contributed by atoms with Gasteiger partial charge in [-0.1, -0.05) is 78.9 Å². The molecule has 0 spiro atoms. The van der Waals surface area contributed by atoms with Crippen molar-refractivity contribution in [3.63, 3.8) is 0 Å². The lowest BCUT2D eigenvalue weighted by atomic mass is 9.98. The largest absolute Gasteiger partial charge is 0.392 e. The lowest BCUT2D eigenvalue weighted by molar-refractivity contribution is -0.384. The molecule has 0 unspecified atom stereocenters. The number of anilines is 1. The molecule has 5 aromatic rings. The molecule has 2 saturated heterocycles. The normalized spacial score (nSPS) is 19.2. The third-order valence-corrected chi connectivity index (χ3v) is 9.78. The minimum Gasteiger partial charge on any atom is -0.392 e. The third-order valence-electron chi connectivity index (χ3n) is 9.78. The van der Waals surface area contributed by atoms with Gasteiger partial charge in [-0.25, -0.2) is 0 Å². The van der Waals surface area contributed by atoms with E-state index >= 15 is 0 Å². The number of hydrogen-bond acceptors (Lipinski definition) is 8. The molecular formula is C42H42N4O6. The van der Waals surface area contributed by atoms with E-state index in [-0.39, 0.29) is 35.3 Å². The number of aliphatic hydroxyl groups excluding tert-OH is 1. The molecule has 266 valence electrons. The Balaban J connectivity index is 1.05. The molecule has 2 fully saturated rings. The van der Waals surface area contributed by atoms with Gasteiger partial charge in [-0.15, -0.1) is 0 Å². The second-order valence-electron chi connectivity index (χ2n) is 13.3. The van der Waals surface area contributed by atoms with Crippen molar-refractivity contribution in [1.29, 1.82) is 0 Å². The zero-order valence-corrected chi connectivity index (χ0v) is 28.8. The van der Waals surface area contributed by atoms with Crippen molar-refractivity contribution < 1.29 is 24.3 Å². The summed E-state index contributed by atoms with van der Waals surface area (Å²) in [6, 6.07) is 40.3. The fraction of sp³-hybridized carbons (Fsp3) is 0.262. The summed E-state index contributed by atoms with van der Waals surface area (Å²) in [5.74, 6) is -0.110. The molecule has 3 atom stereocenters. The summed E-state index contributed by atoms with van der Waals surface area (Å²) in [6.07, 6.45) is -0.185. The molecule has 2 aliphatic rings. The average molecular weight is 699 g/mol. The summed E-state index contributed by atoms with van der Waals surface area (Å²) < 4.78 is 13.4. The van der Waals surface area contributed by atoms with Crippen LogP contribution in [0.1, 0.15) is 51.4 Å². The first-order valence-electron chi connectivity index (χ1n) is 17.7. The molecule has 52 heavy (non-hydrogen) atoms. The van der Waals surface area contributed by atoms with Gasteiger partial charge in [0.25, 0.3) is 11.6 Å². The molecule has 2 N–H and O–H groups in total. The van der Waals surface area contributed by atoms with E-state index < -0.39 is 6.29 Å². The molecule has 5 aromatic carbocycles. The highest BCUT2D eigenvalue weighted by Gasteiger charge is 2.34. The predicted molar refractivity (Wildman–Crippen MR) is 200 cm³/mol. The molecule has 0 radical (unpaired) electrons. The van der Waals surface area contributed by atoms with Gasteiger partial charge in [-0.2, -0.15) is 0 Å². The number of rotatable bonds is 11. The van der Waals surface area contributed by atoms with Gasteiger partial charge in [-0.05, 0) is 64.2 Å². The second kappa shape index (κ2) is 16.3. The molecule has 10 nitrogen and oxygen atoms in total. The minimum absolute atomic E-state index is 0.0145. The number of ether oxygens (including phenoxy) is 2. The van der Waals surface area contributed by atoms with Crippen molar-refractivity contribution in [1.82, 2.24) is 10.2 Å². The van der Waals surface area contributed by atoms with Crippen molar-refractivity contribution in [2.75, 3.05) is 37.6 Å². The maximum atomic E-state index is 12.6. The maximum absolute atomic E-state index is 12.6. The molecule has 0 aromatic heterocycles. The van der Waals surface area contributed by atoms with Gasteiger partial charge in [-0.3, -0.25) is 19.8 Å². The predicted octanol–water partition coefficient (Wildman–Crippen LogP) is 7.05. The number of piperazine rings is 1. The fourth-order valence-electron chi connectivity index (χ4n) is 6.89. The standard InChI is InChI=1S/C42H42N4O6/c47-29-30-12-14-32(15-13-30)40-26-39(28-44-20-22-45(23-21-44)37-16-18-38(19-17-37)46(49)50)51-42(52-40)36-11-5-10-35(25-36)34-9-4-6-31(24-34)27-43-41(48)33-7-2-1-3-8-33/h1-19,24-25,39-40,42,47H,20-23,26-29H2,(H,43,48)/t39-,40+,42+/m1/s1. The minimum atomic E-state index is -0.587. The van der Waals surface area contributed by atoms with Crippen molar-refractivity contribution in [3.8, 4) is 11.1 Å². The number of carbonyl (C=O) groups excluding carboxylic acids is 1. The number of carbonyl (C=O) groups is 1. The Labute approximate surface area is 303 Å². The van der Waals surface area contributed by atoms with Crippen LogP contribution in [-0.2, 0) is 22.6 Å². The Morgan fingerprint density at radius 3 is 2.19 bits per heavy atom. The highest BCUT2D eigenvalue weighted by atomic mass is 16.7. The molecule has 2 heterocycles. The highest BCUT2D eigenvalue weighted by Crippen LogP contribution is 2.39. The Hall–Kier alpha value is -5.39. The first-order chi connectivity index (χ1) is 25.4. The number of amides is 1. The van der Waals surface area contributed by atoms with E-state index in [9.17, 15) is 20.0 Å². The van der Waals surface area contributed by atoms with Crippen molar-refractivity contribution in [3.05, 3.63) is 165 Å². The quantitative estimate of drug-likeness (QED) is 0.111. The monoisotopic (exact) mass is 698 g/mol. The van der Waals surface area contributed by atoms with Crippen LogP contribution in [-0.4, -0.2) is 59.7 Å². The van der Waals surface area contributed by atoms with Crippen molar-refractivity contribution in [2.24, 2.45) is 0 Å². The van der Waals surface area contributed by atoms with E-state index in [1.54, 1.807) is 24.3 Å². The molecule has 2 aliphatic heterocycles. The number of nitrogens with one attached hydrogen (secondary N) is 1. The van der Waals surface area contributed by atoms with Crippen LogP contribution in [0.2, 0.25) is 0 Å². The van der Waals surface area contributed by atoms with Crippen LogP contribution in [0.4, 0.5) is 11.4 Å². The zero-order valence-electron chi connectivity index (χ0n) is 28.8. The molecule has 0 aliphatic carbocycles. The van der Waals surface area contributed by atoms with Crippen LogP contribution in [0, 0.1) is 10.1 Å². The number of aliphatic hydroxyl groups is 1. The Bertz CT molecular complexity index is 1960. The lowest BCUT2D eigenvalue weighted by Gasteiger charge is -2.41. The summed E-state index contributed by atoms with van der Waals surface area (Å²) in [5, 5.41) is 23.7. The van der Waals surface area contributed by atoms with Gasteiger partial charge in [0, 0.05) is 74.6 Å². The molecule has 1 amide bonds. The van der Waals surface area contributed by atoms with Gasteiger partial charge in [0.05, 0.1) is 23.7 Å². The zero-order chi connectivity index (χ0) is 35.9. The van der Waals surface area contributed by atoms with Crippen LogP contribution in [0.25, 0.3) is 11.1 Å². The van der Waals surface area contributed by atoms with Gasteiger partial charge in [0.15, 0.2) is 6.29 Å². The topological polar surface area (TPSA) is 117 Å². The number of non-ortho nitro benzene ring substituents is 1. The maximum Gasteiger partial charge on any atom is 0.269 e. The molecule has 7 rings (SSSR count). The number of nitro benzene ring substituents is 1. The number of benzene rings is 5. The first kappa shape index (κ1) is 35.0. The smallest absolute Gasteiger partial charge is 0.269 e.